The van der Waals surface area contributed by atoms with Gasteiger partial charge in [-0.3, -0.25) is 4.90 Å². The molecule has 0 bridgehead atoms. The van der Waals surface area contributed by atoms with Crippen molar-refractivity contribution in [1.82, 2.24) is 4.90 Å². The highest BCUT2D eigenvalue weighted by molar-refractivity contribution is 6.01. The highest BCUT2D eigenvalue weighted by atomic mass is 19.1. The number of rotatable bonds is 10. The van der Waals surface area contributed by atoms with Gasteiger partial charge >= 0.3 is 0 Å². The molecule has 2 atom stereocenters. The van der Waals surface area contributed by atoms with Crippen LogP contribution in [0.15, 0.2) is 47.6 Å². The Hall–Kier alpha value is -2.68. The Morgan fingerprint density at radius 3 is 2.72 bits per heavy atom. The van der Waals surface area contributed by atoms with E-state index in [1.807, 2.05) is 32.0 Å². The van der Waals surface area contributed by atoms with Crippen LogP contribution in [0.3, 0.4) is 0 Å². The molecule has 0 aromatic heterocycles. The fourth-order valence-corrected chi connectivity index (χ4v) is 3.77. The second-order valence-corrected chi connectivity index (χ2v) is 8.39. The average molecular weight is 445 g/mol. The van der Waals surface area contributed by atoms with E-state index >= 15 is 0 Å². The van der Waals surface area contributed by atoms with Gasteiger partial charge in [0, 0.05) is 31.6 Å². The van der Waals surface area contributed by atoms with Crippen LogP contribution >= 0.6 is 0 Å². The normalized spacial score (nSPS) is 18.2. The van der Waals surface area contributed by atoms with Crippen LogP contribution < -0.4 is 9.47 Å². The maximum absolute atomic E-state index is 13.3. The summed E-state index contributed by atoms with van der Waals surface area (Å²) in [6, 6.07) is 12.1. The van der Waals surface area contributed by atoms with Crippen LogP contribution in [0.1, 0.15) is 31.4 Å². The number of fused-ring (bicyclic) bond motifs is 1. The molecule has 0 saturated heterocycles. The molecule has 4 rings (SSSR count). The molecule has 0 radical (unpaired) electrons. The van der Waals surface area contributed by atoms with Gasteiger partial charge in [0.15, 0.2) is 11.5 Å². The lowest BCUT2D eigenvalue weighted by Crippen LogP contribution is -2.39. The summed E-state index contributed by atoms with van der Waals surface area (Å²) in [5, 5.41) is 14.7. The van der Waals surface area contributed by atoms with Crippen molar-refractivity contribution in [2.24, 2.45) is 5.16 Å². The zero-order valence-corrected chi connectivity index (χ0v) is 18.4. The van der Waals surface area contributed by atoms with Crippen LogP contribution in [0.5, 0.6) is 11.5 Å². The van der Waals surface area contributed by atoms with Gasteiger partial charge in [0.1, 0.15) is 11.9 Å². The monoisotopic (exact) mass is 444 g/mol. The van der Waals surface area contributed by atoms with Crippen molar-refractivity contribution in [3.8, 4) is 11.5 Å². The van der Waals surface area contributed by atoms with Crippen LogP contribution in [-0.2, 0) is 16.1 Å². The number of hydrogen-bond donors (Lipinski definition) is 1. The average Bonchev–Trinajstić information content (AvgIpc) is 3.42. The maximum atomic E-state index is 13.3. The predicted octanol–water partition coefficient (Wildman–Crippen LogP) is 3.34. The Bertz CT molecular complexity index is 934. The summed E-state index contributed by atoms with van der Waals surface area (Å²) in [6.07, 6.45) is -0.119. The largest absolute Gasteiger partial charge is 0.454 e. The fraction of sp³-hybridized carbons (Fsp3) is 0.458. The second-order valence-electron chi connectivity index (χ2n) is 8.39. The highest BCUT2D eigenvalue weighted by Crippen LogP contribution is 2.33. The molecule has 2 aromatic carbocycles. The quantitative estimate of drug-likeness (QED) is 0.606. The molecule has 2 aliphatic heterocycles. The van der Waals surface area contributed by atoms with Crippen LogP contribution in [0.2, 0.25) is 0 Å². The van der Waals surface area contributed by atoms with Gasteiger partial charge in [0.25, 0.3) is 0 Å². The van der Waals surface area contributed by atoms with E-state index in [4.69, 9.17) is 19.0 Å². The van der Waals surface area contributed by atoms with Crippen molar-refractivity contribution in [3.63, 3.8) is 0 Å². The molecule has 1 N–H and O–H groups in total. The molecule has 0 fully saturated rings. The second kappa shape index (κ2) is 10.3. The van der Waals surface area contributed by atoms with Crippen LogP contribution in [-0.4, -0.2) is 60.5 Å². The number of aliphatic hydroxyl groups excluding tert-OH is 1. The van der Waals surface area contributed by atoms with Gasteiger partial charge in [-0.05, 0) is 49.7 Å². The number of nitrogens with zero attached hydrogens (tertiary/aromatic N) is 2. The summed E-state index contributed by atoms with van der Waals surface area (Å²) in [4.78, 5) is 7.80. The minimum atomic E-state index is -0.645. The standard InChI is InChI=1S/C24H29FN2O5/c1-16(2)29-14-20(28)12-27(11-17-3-6-19(25)7-4-17)13-21-10-22(26-32-21)18-5-8-23-24(9-18)31-15-30-23/h3-9,16,20-21,28H,10-15H2,1-2H3/t20-,21-/m1/s1. The number of benzene rings is 2. The van der Waals surface area contributed by atoms with Gasteiger partial charge in [-0.25, -0.2) is 4.39 Å². The summed E-state index contributed by atoms with van der Waals surface area (Å²) in [7, 11) is 0. The van der Waals surface area contributed by atoms with Crippen LogP contribution in [0.25, 0.3) is 0 Å². The highest BCUT2D eigenvalue weighted by Gasteiger charge is 2.27. The lowest BCUT2D eigenvalue weighted by Gasteiger charge is -2.27. The van der Waals surface area contributed by atoms with E-state index in [9.17, 15) is 9.50 Å². The molecule has 172 valence electrons. The number of oxime groups is 1. The van der Waals surface area contributed by atoms with Crippen molar-refractivity contribution >= 4 is 5.71 Å². The zero-order chi connectivity index (χ0) is 22.5. The Morgan fingerprint density at radius 1 is 1.16 bits per heavy atom. The molecule has 0 aliphatic carbocycles. The first-order chi connectivity index (χ1) is 15.5. The summed E-state index contributed by atoms with van der Waals surface area (Å²) in [6.45, 7) is 5.87. The summed E-state index contributed by atoms with van der Waals surface area (Å²) < 4.78 is 29.7. The summed E-state index contributed by atoms with van der Waals surface area (Å²) >= 11 is 0. The van der Waals surface area contributed by atoms with Gasteiger partial charge in [-0.15, -0.1) is 0 Å². The lowest BCUT2D eigenvalue weighted by atomic mass is 10.0. The van der Waals surface area contributed by atoms with Crippen LogP contribution in [0.4, 0.5) is 4.39 Å². The lowest BCUT2D eigenvalue weighted by molar-refractivity contribution is -0.0194. The SMILES string of the molecule is CC(C)OC[C@H](O)CN(Cc1ccc(F)cc1)C[C@H]1CC(c2ccc3c(c2)OCO3)=NO1. The van der Waals surface area contributed by atoms with Gasteiger partial charge in [-0.2, -0.15) is 0 Å². The molecular weight excluding hydrogens is 415 g/mol. The maximum Gasteiger partial charge on any atom is 0.231 e. The third-order valence-corrected chi connectivity index (χ3v) is 5.31. The van der Waals surface area contributed by atoms with E-state index in [1.165, 1.54) is 12.1 Å². The van der Waals surface area contributed by atoms with E-state index in [1.54, 1.807) is 12.1 Å². The fourth-order valence-electron chi connectivity index (χ4n) is 3.77. The summed E-state index contributed by atoms with van der Waals surface area (Å²) in [5.74, 6) is 1.17. The molecule has 0 unspecified atom stereocenters. The first kappa shape index (κ1) is 22.5. The Morgan fingerprint density at radius 2 is 1.94 bits per heavy atom. The first-order valence-corrected chi connectivity index (χ1v) is 10.9. The Balaban J connectivity index is 1.38. The third-order valence-electron chi connectivity index (χ3n) is 5.31. The Kier molecular flexibility index (Phi) is 7.24. The minimum absolute atomic E-state index is 0.0472. The van der Waals surface area contributed by atoms with E-state index < -0.39 is 6.10 Å². The number of hydrogen-bond acceptors (Lipinski definition) is 7. The molecule has 32 heavy (non-hydrogen) atoms. The molecular formula is C24H29FN2O5. The van der Waals surface area contributed by atoms with Crippen molar-refractivity contribution in [2.45, 2.75) is 45.1 Å². The minimum Gasteiger partial charge on any atom is -0.454 e. The topological polar surface area (TPSA) is 72.8 Å². The molecule has 2 aliphatic rings. The zero-order valence-electron chi connectivity index (χ0n) is 18.4. The van der Waals surface area contributed by atoms with Crippen molar-refractivity contribution in [2.75, 3.05) is 26.5 Å². The van der Waals surface area contributed by atoms with E-state index in [-0.39, 0.29) is 31.4 Å². The third kappa shape index (κ3) is 5.97. The van der Waals surface area contributed by atoms with Gasteiger partial charge < -0.3 is 24.2 Å². The van der Waals surface area contributed by atoms with E-state index in [0.717, 1.165) is 22.6 Å². The molecule has 0 spiro atoms. The van der Waals surface area contributed by atoms with Crippen LogP contribution in [0, 0.1) is 5.82 Å². The molecule has 8 heteroatoms. The van der Waals surface area contributed by atoms with Gasteiger partial charge in [0.05, 0.1) is 24.5 Å². The van der Waals surface area contributed by atoms with Crippen molar-refractivity contribution in [1.29, 1.82) is 0 Å². The Labute approximate surface area is 187 Å². The molecule has 2 heterocycles. The van der Waals surface area contributed by atoms with Crippen molar-refractivity contribution in [3.05, 3.63) is 59.4 Å². The van der Waals surface area contributed by atoms with Crippen molar-refractivity contribution < 1.29 is 28.5 Å². The van der Waals surface area contributed by atoms with Gasteiger partial charge in [-0.1, -0.05) is 17.3 Å². The number of aliphatic hydroxyl groups is 1. The first-order valence-electron chi connectivity index (χ1n) is 10.9. The molecule has 0 amide bonds. The summed E-state index contributed by atoms with van der Waals surface area (Å²) in [5.41, 5.74) is 2.74. The molecule has 7 nitrogen and oxygen atoms in total. The number of ether oxygens (including phenoxy) is 3. The molecule has 2 aromatic rings. The smallest absolute Gasteiger partial charge is 0.231 e. The van der Waals surface area contributed by atoms with Gasteiger partial charge in [0.2, 0.25) is 6.79 Å². The van der Waals surface area contributed by atoms with E-state index in [0.29, 0.717) is 31.8 Å². The number of halogens is 1. The van der Waals surface area contributed by atoms with E-state index in [2.05, 4.69) is 10.1 Å². The molecule has 0 saturated carbocycles. The predicted molar refractivity (Wildman–Crippen MR) is 117 cm³/mol.